The van der Waals surface area contributed by atoms with Crippen LogP contribution < -0.4 is 15.8 Å². The fourth-order valence-corrected chi connectivity index (χ4v) is 4.15. The van der Waals surface area contributed by atoms with E-state index in [-0.39, 0.29) is 0 Å². The zero-order chi connectivity index (χ0) is 22.5. The Morgan fingerprint density at radius 1 is 0.879 bits per heavy atom. The summed E-state index contributed by atoms with van der Waals surface area (Å²) < 4.78 is 11.3. The van der Waals surface area contributed by atoms with Crippen molar-refractivity contribution in [3.8, 4) is 39.5 Å². The van der Waals surface area contributed by atoms with Crippen LogP contribution in [0.4, 0.5) is 0 Å². The van der Waals surface area contributed by atoms with Gasteiger partial charge in [0.15, 0.2) is 0 Å². The molecule has 0 atom stereocenters. The van der Waals surface area contributed by atoms with Gasteiger partial charge in [-0.05, 0) is 49.0 Å². The summed E-state index contributed by atoms with van der Waals surface area (Å²) >= 11 is 0. The number of nitrogens with one attached hydrogen (secondary N) is 1. The lowest BCUT2D eigenvalue weighted by Crippen LogP contribution is -2.30. The highest BCUT2D eigenvalue weighted by atomic mass is 16.5. The van der Waals surface area contributed by atoms with Crippen LogP contribution in [0.15, 0.2) is 77.7 Å². The van der Waals surface area contributed by atoms with Crippen LogP contribution in [-0.2, 0) is 6.54 Å². The molecular weight excluding hydrogens is 412 g/mol. The number of furan rings is 1. The fourth-order valence-electron chi connectivity index (χ4n) is 4.15. The van der Waals surface area contributed by atoms with Gasteiger partial charge in [0, 0.05) is 23.2 Å². The number of ether oxygens (including phenoxy) is 1. The predicted molar refractivity (Wildman–Crippen MR) is 130 cm³/mol. The van der Waals surface area contributed by atoms with Crippen LogP contribution in [-0.4, -0.2) is 29.7 Å². The summed E-state index contributed by atoms with van der Waals surface area (Å²) in [6.45, 7) is 3.27. The van der Waals surface area contributed by atoms with Crippen LogP contribution in [0.2, 0.25) is 0 Å². The van der Waals surface area contributed by atoms with Gasteiger partial charge in [-0.15, -0.1) is 0 Å². The quantitative estimate of drug-likeness (QED) is 0.425. The number of aromatic nitrogens is 2. The average Bonchev–Trinajstić information content (AvgIpc) is 3.43. The van der Waals surface area contributed by atoms with Crippen molar-refractivity contribution in [3.05, 3.63) is 78.9 Å². The molecule has 3 N–H and O–H groups in total. The number of hydrogen-bond donors (Lipinski definition) is 2. The second-order valence-corrected chi connectivity index (χ2v) is 8.40. The maximum absolute atomic E-state index is 6.09. The van der Waals surface area contributed by atoms with E-state index in [0.717, 1.165) is 65.1 Å². The highest BCUT2D eigenvalue weighted by Crippen LogP contribution is 2.32. The van der Waals surface area contributed by atoms with E-state index >= 15 is 0 Å². The lowest BCUT2D eigenvalue weighted by Gasteiger charge is -2.22. The molecule has 5 rings (SSSR count). The van der Waals surface area contributed by atoms with E-state index in [1.165, 1.54) is 0 Å². The molecule has 1 saturated heterocycles. The second kappa shape index (κ2) is 9.98. The van der Waals surface area contributed by atoms with E-state index in [0.29, 0.717) is 24.9 Å². The highest BCUT2D eigenvalue weighted by molar-refractivity contribution is 5.79. The molecule has 0 bridgehead atoms. The number of rotatable bonds is 7. The summed E-state index contributed by atoms with van der Waals surface area (Å²) in [5, 5.41) is 3.39. The Kier molecular flexibility index (Phi) is 6.46. The number of piperidine rings is 1. The first kappa shape index (κ1) is 21.4. The van der Waals surface area contributed by atoms with E-state index in [1.54, 1.807) is 18.7 Å². The lowest BCUT2D eigenvalue weighted by atomic mass is 9.99. The van der Waals surface area contributed by atoms with Gasteiger partial charge in [-0.3, -0.25) is 0 Å². The minimum Gasteiger partial charge on any atom is -0.476 e. The van der Waals surface area contributed by atoms with E-state index < -0.39 is 0 Å². The first-order valence-electron chi connectivity index (χ1n) is 11.4. The minimum absolute atomic E-state index is 0.512. The first-order chi connectivity index (χ1) is 16.3. The zero-order valence-corrected chi connectivity index (χ0v) is 18.5. The van der Waals surface area contributed by atoms with Crippen LogP contribution in [0.25, 0.3) is 33.6 Å². The molecule has 6 nitrogen and oxygen atoms in total. The standard InChI is InChI=1S/C27H28N4O2/c28-15-19-1-3-22(4-2-19)26-27(23-7-5-21(6-8-23)24-11-14-32-18-24)31-25(16-30-26)33-17-20-9-12-29-13-10-20/h1-8,11,14,16,18,20,29H,9-10,12-13,15,17,28H2. The minimum atomic E-state index is 0.512. The largest absolute Gasteiger partial charge is 0.476 e. The Hall–Kier alpha value is -3.48. The molecule has 0 aliphatic carbocycles. The van der Waals surface area contributed by atoms with Gasteiger partial charge in [0.1, 0.15) is 5.69 Å². The van der Waals surface area contributed by atoms with Crippen molar-refractivity contribution in [3.63, 3.8) is 0 Å². The summed E-state index contributed by atoms with van der Waals surface area (Å²) in [5.74, 6) is 1.11. The number of benzene rings is 2. The molecule has 3 heterocycles. The molecule has 1 fully saturated rings. The van der Waals surface area contributed by atoms with Crippen molar-refractivity contribution < 1.29 is 9.15 Å². The normalized spacial score (nSPS) is 14.3. The summed E-state index contributed by atoms with van der Waals surface area (Å²) in [6.07, 6.45) is 7.41. The molecule has 4 aromatic rings. The number of hydrogen-bond acceptors (Lipinski definition) is 6. The average molecular weight is 441 g/mol. The third-order valence-corrected chi connectivity index (χ3v) is 6.15. The Labute approximate surface area is 193 Å². The van der Waals surface area contributed by atoms with Crippen molar-refractivity contribution in [1.82, 2.24) is 15.3 Å². The van der Waals surface area contributed by atoms with Gasteiger partial charge >= 0.3 is 0 Å². The van der Waals surface area contributed by atoms with Gasteiger partial charge in [0.2, 0.25) is 5.88 Å². The van der Waals surface area contributed by atoms with Crippen LogP contribution >= 0.6 is 0 Å². The molecule has 1 aliphatic rings. The molecule has 33 heavy (non-hydrogen) atoms. The summed E-state index contributed by atoms with van der Waals surface area (Å²) in [7, 11) is 0. The van der Waals surface area contributed by atoms with Gasteiger partial charge in [-0.25, -0.2) is 9.97 Å². The second-order valence-electron chi connectivity index (χ2n) is 8.40. The van der Waals surface area contributed by atoms with Crippen LogP contribution in [0.1, 0.15) is 18.4 Å². The van der Waals surface area contributed by atoms with Crippen LogP contribution in [0, 0.1) is 5.92 Å². The van der Waals surface area contributed by atoms with E-state index in [4.69, 9.17) is 24.9 Å². The van der Waals surface area contributed by atoms with Crippen molar-refractivity contribution in [2.24, 2.45) is 11.7 Å². The topological polar surface area (TPSA) is 86.2 Å². The smallest absolute Gasteiger partial charge is 0.232 e. The summed E-state index contributed by atoms with van der Waals surface area (Å²) in [4.78, 5) is 9.67. The van der Waals surface area contributed by atoms with Gasteiger partial charge in [-0.1, -0.05) is 48.5 Å². The monoisotopic (exact) mass is 440 g/mol. The molecule has 0 spiro atoms. The zero-order valence-electron chi connectivity index (χ0n) is 18.5. The summed E-state index contributed by atoms with van der Waals surface area (Å²) in [6, 6.07) is 18.4. The van der Waals surface area contributed by atoms with Crippen molar-refractivity contribution in [1.29, 1.82) is 0 Å². The molecule has 1 aliphatic heterocycles. The van der Waals surface area contributed by atoms with E-state index in [9.17, 15) is 0 Å². The third kappa shape index (κ3) is 4.97. The Bertz CT molecular complexity index is 1170. The molecule has 0 unspecified atom stereocenters. The van der Waals surface area contributed by atoms with Gasteiger partial charge in [0.05, 0.1) is 31.0 Å². The Morgan fingerprint density at radius 2 is 1.58 bits per heavy atom. The maximum atomic E-state index is 6.09. The van der Waals surface area contributed by atoms with Gasteiger partial charge in [0.25, 0.3) is 0 Å². The van der Waals surface area contributed by atoms with Crippen LogP contribution in [0.5, 0.6) is 5.88 Å². The molecule has 0 radical (unpaired) electrons. The van der Waals surface area contributed by atoms with Crippen molar-refractivity contribution >= 4 is 0 Å². The third-order valence-electron chi connectivity index (χ3n) is 6.15. The van der Waals surface area contributed by atoms with Crippen molar-refractivity contribution in [2.45, 2.75) is 19.4 Å². The fraction of sp³-hybridized carbons (Fsp3) is 0.259. The Morgan fingerprint density at radius 3 is 2.27 bits per heavy atom. The molecule has 2 aromatic carbocycles. The van der Waals surface area contributed by atoms with Crippen molar-refractivity contribution in [2.75, 3.05) is 19.7 Å². The number of nitrogens with zero attached hydrogens (tertiary/aromatic N) is 2. The predicted octanol–water partition coefficient (Wildman–Crippen LogP) is 4.91. The van der Waals surface area contributed by atoms with Crippen LogP contribution in [0.3, 0.4) is 0 Å². The SMILES string of the molecule is NCc1ccc(-c2ncc(OCC3CCNCC3)nc2-c2ccc(-c3ccoc3)cc2)cc1. The molecular formula is C27H28N4O2. The molecule has 6 heteroatoms. The lowest BCUT2D eigenvalue weighted by molar-refractivity contribution is 0.208. The first-order valence-corrected chi connectivity index (χ1v) is 11.4. The van der Waals surface area contributed by atoms with E-state index in [2.05, 4.69) is 29.6 Å². The maximum Gasteiger partial charge on any atom is 0.232 e. The number of nitrogens with two attached hydrogens (primary N) is 1. The van der Waals surface area contributed by atoms with E-state index in [1.807, 2.05) is 30.3 Å². The Balaban J connectivity index is 1.47. The van der Waals surface area contributed by atoms with Gasteiger partial charge in [-0.2, -0.15) is 0 Å². The molecule has 168 valence electrons. The molecule has 2 aromatic heterocycles. The highest BCUT2D eigenvalue weighted by Gasteiger charge is 2.17. The molecule has 0 saturated carbocycles. The summed E-state index contributed by atoms with van der Waals surface area (Å²) in [5.41, 5.74) is 12.6. The van der Waals surface area contributed by atoms with Gasteiger partial charge < -0.3 is 20.2 Å². The molecule has 0 amide bonds.